The van der Waals surface area contributed by atoms with Crippen LogP contribution in [0.15, 0.2) is 8.80 Å². The summed E-state index contributed by atoms with van der Waals surface area (Å²) in [7, 11) is -1.77. The number of hydrogen-bond acceptors (Lipinski definition) is 4. The third-order valence-corrected chi connectivity index (χ3v) is 4.02. The third kappa shape index (κ3) is 2.68. The molecule has 0 N–H and O–H groups in total. The second-order valence-corrected chi connectivity index (χ2v) is 4.87. The summed E-state index contributed by atoms with van der Waals surface area (Å²) in [5, 5.41) is 0. The molecule has 0 rings (SSSR count). The lowest BCUT2D eigenvalue weighted by molar-refractivity contribution is 0.566. The number of isocyanates is 2. The van der Waals surface area contributed by atoms with Crippen LogP contribution >= 0.6 is 10.4 Å². The molecule has 0 spiro atoms. The molecule has 0 heterocycles. The van der Waals surface area contributed by atoms with Crippen molar-refractivity contribution in [2.24, 2.45) is 8.80 Å². The Morgan fingerprint density at radius 1 is 1.09 bits per heavy atom. The zero-order valence-corrected chi connectivity index (χ0v) is 7.35. The van der Waals surface area contributed by atoms with Crippen molar-refractivity contribution in [3.63, 3.8) is 0 Å². The first-order chi connectivity index (χ1) is 5.24. The van der Waals surface area contributed by atoms with Gasteiger partial charge in [0, 0.05) is 11.5 Å². The van der Waals surface area contributed by atoms with Gasteiger partial charge in [-0.3, -0.25) is 0 Å². The quantitative estimate of drug-likeness (QED) is 0.477. The van der Waals surface area contributed by atoms with Gasteiger partial charge in [0.2, 0.25) is 12.2 Å². The molecule has 0 aliphatic rings. The predicted molar refractivity (Wildman–Crippen MR) is 44.9 cm³/mol. The SMILES string of the molecule is CCS(CC)(N=C=O)N=C=O. The molecule has 0 unspecified atom stereocenters. The standard InChI is InChI=1S/C6H10N2O2S/c1-3-11(4-2,7-5-9)8-6-10/h3-4H2,1-2H3. The molecule has 62 valence electrons. The Kier molecular flexibility index (Phi) is 4.46. The second kappa shape index (κ2) is 4.85. The lowest BCUT2D eigenvalue weighted by atomic mass is 11.0. The van der Waals surface area contributed by atoms with Crippen LogP contribution in [0, 0.1) is 0 Å². The molecule has 0 aromatic rings. The van der Waals surface area contributed by atoms with Gasteiger partial charge in [0.1, 0.15) is 0 Å². The van der Waals surface area contributed by atoms with Crippen molar-refractivity contribution in [1.29, 1.82) is 0 Å². The average Bonchev–Trinajstić information content (AvgIpc) is 2.04. The van der Waals surface area contributed by atoms with Gasteiger partial charge in [-0.25, -0.2) is 9.59 Å². The minimum absolute atomic E-state index is 0.591. The molecular weight excluding hydrogens is 164 g/mol. The van der Waals surface area contributed by atoms with Crippen molar-refractivity contribution in [3.05, 3.63) is 0 Å². The van der Waals surface area contributed by atoms with Gasteiger partial charge < -0.3 is 0 Å². The smallest absolute Gasteiger partial charge is 0.210 e. The summed E-state index contributed by atoms with van der Waals surface area (Å²) in [4.78, 5) is 19.9. The van der Waals surface area contributed by atoms with Crippen LogP contribution in [-0.2, 0) is 9.59 Å². The zero-order valence-electron chi connectivity index (χ0n) is 6.53. The number of carbonyl (C=O) groups excluding carboxylic acids is 2. The van der Waals surface area contributed by atoms with Crippen molar-refractivity contribution in [1.82, 2.24) is 0 Å². The van der Waals surface area contributed by atoms with Crippen molar-refractivity contribution < 1.29 is 9.59 Å². The third-order valence-electron chi connectivity index (χ3n) is 1.34. The lowest BCUT2D eigenvalue weighted by Gasteiger charge is -2.22. The summed E-state index contributed by atoms with van der Waals surface area (Å²) in [5.41, 5.74) is 0. The van der Waals surface area contributed by atoms with E-state index >= 15 is 0 Å². The van der Waals surface area contributed by atoms with Gasteiger partial charge in [-0.05, 0) is 10.4 Å². The van der Waals surface area contributed by atoms with E-state index in [9.17, 15) is 9.59 Å². The minimum atomic E-state index is -1.77. The minimum Gasteiger partial charge on any atom is -0.210 e. The van der Waals surface area contributed by atoms with Gasteiger partial charge in [-0.15, -0.1) is 8.80 Å². The molecule has 0 aromatic heterocycles. The summed E-state index contributed by atoms with van der Waals surface area (Å²) in [5.74, 6) is 1.18. The fraction of sp³-hybridized carbons (Fsp3) is 0.667. The summed E-state index contributed by atoms with van der Waals surface area (Å²) < 4.78 is 7.06. The Balaban J connectivity index is 4.72. The van der Waals surface area contributed by atoms with Crippen LogP contribution in [0.5, 0.6) is 0 Å². The largest absolute Gasteiger partial charge is 0.247 e. The summed E-state index contributed by atoms with van der Waals surface area (Å²) >= 11 is 0. The van der Waals surface area contributed by atoms with Crippen LogP contribution in [0.4, 0.5) is 0 Å². The maximum Gasteiger partial charge on any atom is 0.247 e. The Bertz CT molecular complexity index is 193. The molecule has 0 radical (unpaired) electrons. The molecule has 0 amide bonds. The molecule has 0 fully saturated rings. The second-order valence-electron chi connectivity index (χ2n) is 1.74. The summed E-state index contributed by atoms with van der Waals surface area (Å²) in [6.07, 6.45) is 2.87. The molecule has 4 nitrogen and oxygen atoms in total. The first kappa shape index (κ1) is 10.1. The summed E-state index contributed by atoms with van der Waals surface area (Å²) in [6, 6.07) is 0. The summed E-state index contributed by atoms with van der Waals surface area (Å²) in [6.45, 7) is 3.67. The number of rotatable bonds is 4. The van der Waals surface area contributed by atoms with E-state index in [1.807, 2.05) is 13.8 Å². The Morgan fingerprint density at radius 3 is 1.64 bits per heavy atom. The Hall–Kier alpha value is -0.890. The van der Waals surface area contributed by atoms with E-state index in [0.29, 0.717) is 11.5 Å². The van der Waals surface area contributed by atoms with Gasteiger partial charge in [0.15, 0.2) is 0 Å². The van der Waals surface area contributed by atoms with Gasteiger partial charge in [0.05, 0.1) is 0 Å². The van der Waals surface area contributed by atoms with Crippen LogP contribution in [-0.4, -0.2) is 23.7 Å². The Labute approximate surface area is 67.0 Å². The first-order valence-electron chi connectivity index (χ1n) is 3.21. The monoisotopic (exact) mass is 174 g/mol. The molecule has 0 saturated carbocycles. The highest BCUT2D eigenvalue weighted by atomic mass is 32.3. The average molecular weight is 174 g/mol. The van der Waals surface area contributed by atoms with E-state index in [4.69, 9.17) is 0 Å². The van der Waals surface area contributed by atoms with Crippen molar-refractivity contribution in [2.75, 3.05) is 11.5 Å². The maximum absolute atomic E-state index is 9.95. The highest BCUT2D eigenvalue weighted by Gasteiger charge is 2.16. The topological polar surface area (TPSA) is 58.9 Å². The van der Waals surface area contributed by atoms with Gasteiger partial charge in [-0.1, -0.05) is 13.8 Å². The Morgan fingerprint density at radius 2 is 1.45 bits per heavy atom. The predicted octanol–water partition coefficient (Wildman–Crippen LogP) is 1.33. The molecule has 0 bridgehead atoms. The van der Waals surface area contributed by atoms with Crippen molar-refractivity contribution in [2.45, 2.75) is 13.8 Å². The van der Waals surface area contributed by atoms with E-state index in [0.717, 1.165) is 0 Å². The molecule has 0 saturated heterocycles. The van der Waals surface area contributed by atoms with Gasteiger partial charge in [0.25, 0.3) is 0 Å². The van der Waals surface area contributed by atoms with Crippen LogP contribution in [0.3, 0.4) is 0 Å². The highest BCUT2D eigenvalue weighted by molar-refractivity contribution is 8.31. The van der Waals surface area contributed by atoms with Crippen molar-refractivity contribution in [3.8, 4) is 0 Å². The fourth-order valence-corrected chi connectivity index (χ4v) is 1.86. The van der Waals surface area contributed by atoms with Crippen molar-refractivity contribution >= 4 is 22.6 Å². The normalized spacial score (nSPS) is 11.1. The van der Waals surface area contributed by atoms with Crippen LogP contribution in [0.2, 0.25) is 0 Å². The first-order valence-corrected chi connectivity index (χ1v) is 5.10. The van der Waals surface area contributed by atoms with Gasteiger partial charge >= 0.3 is 0 Å². The van der Waals surface area contributed by atoms with E-state index in [1.165, 1.54) is 12.2 Å². The van der Waals surface area contributed by atoms with Crippen LogP contribution in [0.25, 0.3) is 0 Å². The lowest BCUT2D eigenvalue weighted by Crippen LogP contribution is -1.98. The number of hydrogen-bond donors (Lipinski definition) is 0. The van der Waals surface area contributed by atoms with E-state index in [-0.39, 0.29) is 0 Å². The van der Waals surface area contributed by atoms with Crippen LogP contribution in [0.1, 0.15) is 13.8 Å². The van der Waals surface area contributed by atoms with Crippen LogP contribution < -0.4 is 0 Å². The van der Waals surface area contributed by atoms with E-state index in [1.54, 1.807) is 0 Å². The molecule has 0 atom stereocenters. The molecule has 0 aliphatic carbocycles. The molecular formula is C6H10N2O2S. The molecule has 0 aliphatic heterocycles. The maximum atomic E-state index is 9.95. The number of nitrogens with zero attached hydrogens (tertiary/aromatic N) is 2. The molecule has 0 aromatic carbocycles. The fourth-order valence-electron chi connectivity index (χ4n) is 0.621. The molecule has 11 heavy (non-hydrogen) atoms. The van der Waals surface area contributed by atoms with E-state index < -0.39 is 10.4 Å². The molecule has 5 heteroatoms. The van der Waals surface area contributed by atoms with Gasteiger partial charge in [-0.2, -0.15) is 0 Å². The van der Waals surface area contributed by atoms with E-state index in [2.05, 4.69) is 8.80 Å². The zero-order chi connectivity index (χ0) is 8.74. The highest BCUT2D eigenvalue weighted by Crippen LogP contribution is 2.49.